The molecule has 1 aliphatic heterocycles. The van der Waals surface area contributed by atoms with Crippen LogP contribution < -0.4 is 0 Å². The number of nitrogens with zero attached hydrogens (tertiary/aromatic N) is 3. The minimum atomic E-state index is -0.234. The summed E-state index contributed by atoms with van der Waals surface area (Å²) < 4.78 is 4.81. The molecule has 1 N–H and O–H groups in total. The number of aliphatic hydroxyl groups is 1. The fraction of sp³-hybridized carbons (Fsp3) is 0.727. The molecule has 2 heterocycles. The predicted molar refractivity (Wildman–Crippen MR) is 59.9 cm³/mol. The summed E-state index contributed by atoms with van der Waals surface area (Å²) in [7, 11) is 0. The number of hydrogen-bond acceptors (Lipinski definition) is 5. The Balaban J connectivity index is 1.73. The average molecular weight is 225 g/mol. The van der Waals surface area contributed by atoms with Crippen molar-refractivity contribution in [3.63, 3.8) is 0 Å². The molecule has 2 rings (SSSR count). The second-order valence-electron chi connectivity index (χ2n) is 4.42. The van der Waals surface area contributed by atoms with Crippen LogP contribution in [0.5, 0.6) is 0 Å². The Hall–Kier alpha value is -0.910. The van der Waals surface area contributed by atoms with Gasteiger partial charge >= 0.3 is 0 Å². The van der Waals surface area contributed by atoms with Crippen molar-refractivity contribution in [1.82, 2.24) is 15.0 Å². The topological polar surface area (TPSA) is 52.7 Å². The van der Waals surface area contributed by atoms with Gasteiger partial charge in [0.25, 0.3) is 0 Å². The molecule has 0 bridgehead atoms. The number of piperazine rings is 1. The van der Waals surface area contributed by atoms with E-state index in [1.807, 2.05) is 13.0 Å². The summed E-state index contributed by atoms with van der Waals surface area (Å²) in [5.74, 6) is 0. The van der Waals surface area contributed by atoms with Gasteiger partial charge in [-0.15, -0.1) is 0 Å². The Kier molecular flexibility index (Phi) is 3.93. The van der Waals surface area contributed by atoms with Gasteiger partial charge in [0.15, 0.2) is 0 Å². The summed E-state index contributed by atoms with van der Waals surface area (Å²) in [6.45, 7) is 7.56. The maximum Gasteiger partial charge on any atom is 0.124 e. The molecule has 1 aromatic heterocycles. The number of hydrogen-bond donors (Lipinski definition) is 1. The SMILES string of the molecule is CC(O)CN1CCN(Cc2ccon2)CC1. The molecule has 1 saturated heterocycles. The van der Waals surface area contributed by atoms with E-state index in [1.54, 1.807) is 6.26 Å². The van der Waals surface area contributed by atoms with Gasteiger partial charge in [-0.25, -0.2) is 0 Å². The van der Waals surface area contributed by atoms with Crippen LogP contribution in [0.25, 0.3) is 0 Å². The Morgan fingerprint density at radius 3 is 2.62 bits per heavy atom. The molecule has 0 saturated carbocycles. The highest BCUT2D eigenvalue weighted by Gasteiger charge is 2.18. The van der Waals surface area contributed by atoms with Gasteiger partial charge in [0.05, 0.1) is 11.8 Å². The Morgan fingerprint density at radius 2 is 2.06 bits per heavy atom. The molecular weight excluding hydrogens is 206 g/mol. The zero-order chi connectivity index (χ0) is 11.4. The first-order chi connectivity index (χ1) is 7.74. The monoisotopic (exact) mass is 225 g/mol. The lowest BCUT2D eigenvalue weighted by Crippen LogP contribution is -2.47. The van der Waals surface area contributed by atoms with Gasteiger partial charge in [-0.05, 0) is 6.92 Å². The van der Waals surface area contributed by atoms with Crippen LogP contribution in [0.1, 0.15) is 12.6 Å². The quantitative estimate of drug-likeness (QED) is 0.792. The molecule has 1 atom stereocenters. The molecule has 0 aromatic carbocycles. The highest BCUT2D eigenvalue weighted by molar-refractivity contribution is 4.95. The lowest BCUT2D eigenvalue weighted by Gasteiger charge is -2.34. The van der Waals surface area contributed by atoms with E-state index in [0.29, 0.717) is 0 Å². The Labute approximate surface area is 95.6 Å². The van der Waals surface area contributed by atoms with Crippen LogP contribution in [0.4, 0.5) is 0 Å². The number of β-amino-alcohol motifs (C(OH)–C–C–N with tert-alkyl or cyclic N) is 1. The first-order valence-corrected chi connectivity index (χ1v) is 5.76. The second-order valence-corrected chi connectivity index (χ2v) is 4.42. The predicted octanol–water partition coefficient (Wildman–Crippen LogP) is 0.173. The average Bonchev–Trinajstić information content (AvgIpc) is 2.73. The lowest BCUT2D eigenvalue weighted by molar-refractivity contribution is 0.0772. The van der Waals surface area contributed by atoms with Crippen molar-refractivity contribution in [3.05, 3.63) is 18.0 Å². The summed E-state index contributed by atoms with van der Waals surface area (Å²) >= 11 is 0. The van der Waals surface area contributed by atoms with E-state index < -0.39 is 0 Å². The third-order valence-corrected chi connectivity index (χ3v) is 2.86. The lowest BCUT2D eigenvalue weighted by atomic mass is 10.2. The van der Waals surface area contributed by atoms with Crippen molar-refractivity contribution in [2.45, 2.75) is 19.6 Å². The zero-order valence-electron chi connectivity index (χ0n) is 9.67. The van der Waals surface area contributed by atoms with Crippen molar-refractivity contribution in [2.75, 3.05) is 32.7 Å². The van der Waals surface area contributed by atoms with E-state index >= 15 is 0 Å². The molecule has 1 unspecified atom stereocenters. The summed E-state index contributed by atoms with van der Waals surface area (Å²) in [6, 6.07) is 1.90. The zero-order valence-corrected chi connectivity index (χ0v) is 9.67. The van der Waals surface area contributed by atoms with Gasteiger partial charge in [0.1, 0.15) is 6.26 Å². The van der Waals surface area contributed by atoms with Gasteiger partial charge in [-0.2, -0.15) is 0 Å². The molecule has 90 valence electrons. The summed E-state index contributed by atoms with van der Waals surface area (Å²) in [5.41, 5.74) is 0.990. The molecule has 5 nitrogen and oxygen atoms in total. The van der Waals surface area contributed by atoms with Crippen LogP contribution >= 0.6 is 0 Å². The Bertz CT molecular complexity index is 292. The standard InChI is InChI=1S/C11H19N3O2/c1-10(15)8-13-3-5-14(6-4-13)9-11-2-7-16-12-11/h2,7,10,15H,3-6,8-9H2,1H3. The molecule has 1 aliphatic rings. The second kappa shape index (κ2) is 5.43. The minimum absolute atomic E-state index is 0.234. The van der Waals surface area contributed by atoms with Crippen LogP contribution in [0.15, 0.2) is 16.9 Å². The molecule has 0 radical (unpaired) electrons. The largest absolute Gasteiger partial charge is 0.392 e. The maximum absolute atomic E-state index is 9.30. The molecule has 1 fully saturated rings. The smallest absolute Gasteiger partial charge is 0.124 e. The summed E-state index contributed by atoms with van der Waals surface area (Å²) in [5, 5.41) is 13.2. The molecule has 0 aliphatic carbocycles. The highest BCUT2D eigenvalue weighted by Crippen LogP contribution is 2.07. The molecular formula is C11H19N3O2. The first-order valence-electron chi connectivity index (χ1n) is 5.76. The molecule has 1 aromatic rings. The van der Waals surface area contributed by atoms with Crippen LogP contribution in [-0.4, -0.2) is 58.9 Å². The fourth-order valence-corrected chi connectivity index (χ4v) is 2.05. The number of aliphatic hydroxyl groups excluding tert-OH is 1. The van der Waals surface area contributed by atoms with E-state index in [9.17, 15) is 5.11 Å². The molecule has 5 heteroatoms. The van der Waals surface area contributed by atoms with Crippen LogP contribution in [-0.2, 0) is 6.54 Å². The van der Waals surface area contributed by atoms with Gasteiger partial charge in [0.2, 0.25) is 0 Å². The van der Waals surface area contributed by atoms with Crippen molar-refractivity contribution in [2.24, 2.45) is 0 Å². The normalized spacial score (nSPS) is 21.1. The summed E-state index contributed by atoms with van der Waals surface area (Å²) in [6.07, 6.45) is 1.38. The maximum atomic E-state index is 9.30. The highest BCUT2D eigenvalue weighted by atomic mass is 16.5. The van der Waals surface area contributed by atoms with E-state index in [2.05, 4.69) is 15.0 Å². The fourth-order valence-electron chi connectivity index (χ4n) is 2.05. The van der Waals surface area contributed by atoms with Gasteiger partial charge < -0.3 is 9.63 Å². The van der Waals surface area contributed by atoms with E-state index in [0.717, 1.165) is 45.0 Å². The van der Waals surface area contributed by atoms with Crippen molar-refractivity contribution >= 4 is 0 Å². The third kappa shape index (κ3) is 3.30. The molecule has 0 spiro atoms. The third-order valence-electron chi connectivity index (χ3n) is 2.86. The summed E-state index contributed by atoms with van der Waals surface area (Å²) in [4.78, 5) is 4.65. The number of aromatic nitrogens is 1. The van der Waals surface area contributed by atoms with Gasteiger partial charge in [0, 0.05) is 45.3 Å². The van der Waals surface area contributed by atoms with Crippen LogP contribution in [0.2, 0.25) is 0 Å². The van der Waals surface area contributed by atoms with Crippen molar-refractivity contribution in [3.8, 4) is 0 Å². The van der Waals surface area contributed by atoms with Gasteiger partial charge in [-0.3, -0.25) is 9.80 Å². The molecule has 16 heavy (non-hydrogen) atoms. The van der Waals surface area contributed by atoms with Crippen LogP contribution in [0.3, 0.4) is 0 Å². The van der Waals surface area contributed by atoms with E-state index in [1.165, 1.54) is 0 Å². The molecule has 0 amide bonds. The number of rotatable bonds is 4. The van der Waals surface area contributed by atoms with Crippen LogP contribution in [0, 0.1) is 0 Å². The van der Waals surface area contributed by atoms with Crippen molar-refractivity contribution < 1.29 is 9.63 Å². The first kappa shape index (κ1) is 11.6. The van der Waals surface area contributed by atoms with Gasteiger partial charge in [-0.1, -0.05) is 5.16 Å². The Morgan fingerprint density at radius 1 is 1.38 bits per heavy atom. The van der Waals surface area contributed by atoms with E-state index in [4.69, 9.17) is 4.52 Å². The minimum Gasteiger partial charge on any atom is -0.392 e. The van der Waals surface area contributed by atoms with Crippen molar-refractivity contribution in [1.29, 1.82) is 0 Å². The van der Waals surface area contributed by atoms with E-state index in [-0.39, 0.29) is 6.10 Å².